The molecule has 16 aromatic carbocycles. The second-order valence-electron chi connectivity index (χ2n) is 35.5. The molecular formula is C117H122N4O2. The number of hydrogen-bond acceptors (Lipinski definition) is 6. The summed E-state index contributed by atoms with van der Waals surface area (Å²) in [5.74, 6) is 0.590. The first-order valence-electron chi connectivity index (χ1n) is 43.0. The maximum atomic E-state index is 9.81. The first kappa shape index (κ1) is 88.2. The molecule has 0 aliphatic rings. The number of aromatic nitrogens is 4. The van der Waals surface area contributed by atoms with E-state index in [1.807, 2.05) is 77.3 Å². The normalized spacial score (nSPS) is 11.3. The summed E-state index contributed by atoms with van der Waals surface area (Å²) in [5, 5.41) is 49.5. The van der Waals surface area contributed by atoms with E-state index in [0.717, 1.165) is 49.6 Å². The lowest BCUT2D eigenvalue weighted by Gasteiger charge is -2.17. The Balaban J connectivity index is 0.000000124. The first-order valence-corrected chi connectivity index (χ1v) is 43.0. The molecule has 0 aliphatic carbocycles. The van der Waals surface area contributed by atoms with Crippen LogP contribution in [0, 0.1) is 194 Å². The average Bonchev–Trinajstić information content (AvgIpc) is 0.684. The minimum Gasteiger partial charge on any atom is -0.505 e. The molecule has 20 rings (SSSR count). The Morgan fingerprint density at radius 3 is 0.813 bits per heavy atom. The van der Waals surface area contributed by atoms with Crippen molar-refractivity contribution in [2.24, 2.45) is 0 Å². The fourth-order valence-corrected chi connectivity index (χ4v) is 19.9. The van der Waals surface area contributed by atoms with Crippen LogP contribution in [0.2, 0.25) is 0 Å². The highest BCUT2D eigenvalue weighted by Gasteiger charge is 2.20. The molecule has 0 bridgehead atoms. The lowest BCUT2D eigenvalue weighted by atomic mass is 9.87. The Labute approximate surface area is 729 Å². The number of aryl methyl sites for hydroxylation is 28. The summed E-state index contributed by atoms with van der Waals surface area (Å²) >= 11 is 0. The number of pyridine rings is 4. The van der Waals surface area contributed by atoms with Crippen molar-refractivity contribution in [2.45, 2.75) is 201 Å². The summed E-state index contributed by atoms with van der Waals surface area (Å²) in [6.45, 7) is 60.7. The van der Waals surface area contributed by atoms with Gasteiger partial charge in [0.1, 0.15) is 22.5 Å². The van der Waals surface area contributed by atoms with Crippen LogP contribution in [-0.2, 0) is 0 Å². The summed E-state index contributed by atoms with van der Waals surface area (Å²) in [6.07, 6.45) is 7.21. The Bertz CT molecular complexity index is 7150. The van der Waals surface area contributed by atoms with Crippen molar-refractivity contribution >= 4 is 141 Å². The number of phenols is 2. The lowest BCUT2D eigenvalue weighted by molar-refractivity contribution is 0.475. The van der Waals surface area contributed by atoms with Crippen molar-refractivity contribution in [3.8, 4) is 11.5 Å². The summed E-state index contributed by atoms with van der Waals surface area (Å²) in [4.78, 5) is 17.4. The molecule has 20 aromatic rings. The van der Waals surface area contributed by atoms with Crippen LogP contribution >= 0.6 is 0 Å². The Kier molecular flexibility index (Phi) is 25.1. The highest BCUT2D eigenvalue weighted by molar-refractivity contribution is 6.25. The zero-order chi connectivity index (χ0) is 87.8. The predicted octanol–water partition coefficient (Wildman–Crippen LogP) is 32.5. The van der Waals surface area contributed by atoms with Gasteiger partial charge in [0, 0.05) is 46.3 Å². The number of rotatable bonds is 0. The van der Waals surface area contributed by atoms with Crippen LogP contribution in [0.4, 0.5) is 0 Å². The van der Waals surface area contributed by atoms with E-state index in [0.29, 0.717) is 22.5 Å². The van der Waals surface area contributed by atoms with Crippen LogP contribution in [0.15, 0.2) is 195 Å². The fraction of sp³-hybridized carbons (Fsp3) is 0.248. The molecule has 2 N–H and O–H groups in total. The number of phenolic OH excluding ortho intramolecular Hbond substituents is 2. The third-order valence-electron chi connectivity index (χ3n) is 25.9. The second-order valence-corrected chi connectivity index (χ2v) is 35.5. The van der Waals surface area contributed by atoms with Crippen molar-refractivity contribution in [1.82, 2.24) is 19.9 Å². The van der Waals surface area contributed by atoms with Crippen molar-refractivity contribution in [1.29, 1.82) is 0 Å². The minimum absolute atomic E-state index is 0. The van der Waals surface area contributed by atoms with Crippen molar-refractivity contribution in [3.05, 3.63) is 350 Å². The molecule has 4 aromatic heterocycles. The van der Waals surface area contributed by atoms with E-state index >= 15 is 0 Å². The molecular weight excluding hydrogens is 1490 g/mol. The van der Waals surface area contributed by atoms with Gasteiger partial charge in [-0.3, -0.25) is 19.9 Å². The Hall–Kier alpha value is -12.6. The van der Waals surface area contributed by atoms with Gasteiger partial charge in [0.15, 0.2) is 0 Å². The molecule has 6 heteroatoms. The summed E-state index contributed by atoms with van der Waals surface area (Å²) < 4.78 is 0. The Morgan fingerprint density at radius 2 is 0.439 bits per heavy atom. The van der Waals surface area contributed by atoms with E-state index in [2.05, 4.69) is 319 Å². The molecule has 0 amide bonds. The van der Waals surface area contributed by atoms with E-state index in [1.165, 1.54) is 236 Å². The van der Waals surface area contributed by atoms with E-state index in [1.54, 1.807) is 12.4 Å². The maximum absolute atomic E-state index is 9.81. The van der Waals surface area contributed by atoms with Gasteiger partial charge in [0.2, 0.25) is 0 Å². The number of aromatic hydroxyl groups is 2. The second kappa shape index (κ2) is 35.1. The monoisotopic (exact) mass is 1610 g/mol. The number of benzene rings is 16. The fourth-order valence-electron chi connectivity index (χ4n) is 19.9. The summed E-state index contributed by atoms with van der Waals surface area (Å²) in [6, 6.07) is 62.0. The lowest BCUT2D eigenvalue weighted by Crippen LogP contribution is -1.94. The van der Waals surface area contributed by atoms with Gasteiger partial charge in [-0.05, 0) is 437 Å². The first-order chi connectivity index (χ1) is 57.9. The van der Waals surface area contributed by atoms with Gasteiger partial charge >= 0.3 is 0 Å². The molecule has 0 fully saturated rings. The van der Waals surface area contributed by atoms with Crippen molar-refractivity contribution in [3.63, 3.8) is 0 Å². The summed E-state index contributed by atoms with van der Waals surface area (Å²) in [5.41, 5.74) is 40.0. The van der Waals surface area contributed by atoms with Crippen LogP contribution in [0.25, 0.3) is 141 Å². The van der Waals surface area contributed by atoms with Gasteiger partial charge in [0.05, 0.1) is 11.0 Å². The zero-order valence-corrected chi connectivity index (χ0v) is 77.2. The van der Waals surface area contributed by atoms with Crippen molar-refractivity contribution in [2.75, 3.05) is 0 Å². The number of nitrogens with zero attached hydrogens (tertiary/aromatic N) is 4. The van der Waals surface area contributed by atoms with Gasteiger partial charge in [0.25, 0.3) is 0 Å². The molecule has 0 unspecified atom stereocenters. The van der Waals surface area contributed by atoms with Gasteiger partial charge < -0.3 is 10.2 Å². The molecule has 0 saturated heterocycles. The zero-order valence-electron chi connectivity index (χ0n) is 77.2. The molecule has 0 saturated carbocycles. The predicted molar refractivity (Wildman–Crippen MR) is 538 cm³/mol. The van der Waals surface area contributed by atoms with Crippen LogP contribution < -0.4 is 0 Å². The topological polar surface area (TPSA) is 92.0 Å². The maximum Gasteiger partial charge on any atom is 0.144 e. The van der Waals surface area contributed by atoms with E-state index in [-0.39, 0.29) is 7.43 Å². The standard InChI is InChI=1S/C20H18.2C20H22.C18H18.C15H14N2.C12H13NO.C11H11NO.CH4/c1-11-9-12(2)16-7-8-18-14(4)10-13(3)17-6-5-15(11)19(16)20(17)18;2*1-11-7-13(3)19-16(6)18-10-12(2)8-14(4)20(18)15(5)17(19)9-11;1-11-5-7-15-14(4)18-10-12(2)6-8-16(18)13(3)17(15)9-11;1-9-7-13-11(3)10(2)12-5-4-6-16-14(12)15(13)17-8-9;1-7-4-10-8(2)5-9(3)12(14)11(10)13-6-7;1-7-6-8(2)11(13)10-9(7)4-3-5-12-10;/h5-10H,1-4H3;2*7-10H,1-6H3;5-10H,1-4H3;4-8H,1-3H3;4-6,14H,1-3H3;3-6,13H,1-2H3;1H4. The molecule has 0 spiro atoms. The molecule has 0 atom stereocenters. The van der Waals surface area contributed by atoms with Crippen LogP contribution in [-0.4, -0.2) is 30.1 Å². The molecule has 6 nitrogen and oxygen atoms in total. The average molecular weight is 1620 g/mol. The highest BCUT2D eigenvalue weighted by atomic mass is 16.3. The quantitative estimate of drug-likeness (QED) is 0.116. The summed E-state index contributed by atoms with van der Waals surface area (Å²) in [7, 11) is 0. The Morgan fingerprint density at radius 1 is 0.171 bits per heavy atom. The molecule has 622 valence electrons. The van der Waals surface area contributed by atoms with Gasteiger partial charge in [-0.25, -0.2) is 0 Å². The minimum atomic E-state index is 0. The van der Waals surface area contributed by atoms with Crippen LogP contribution in [0.3, 0.4) is 0 Å². The molecule has 4 heterocycles. The highest BCUT2D eigenvalue weighted by Crippen LogP contribution is 2.43. The van der Waals surface area contributed by atoms with Crippen LogP contribution in [0.1, 0.15) is 163 Å². The third-order valence-corrected chi connectivity index (χ3v) is 25.9. The van der Waals surface area contributed by atoms with Gasteiger partial charge in [-0.2, -0.15) is 0 Å². The molecule has 0 radical (unpaired) electrons. The molecule has 0 aliphatic heterocycles. The number of hydrogen-bond donors (Lipinski definition) is 2. The molecule has 123 heavy (non-hydrogen) atoms. The van der Waals surface area contributed by atoms with Gasteiger partial charge in [-0.15, -0.1) is 0 Å². The van der Waals surface area contributed by atoms with Gasteiger partial charge in [-0.1, -0.05) is 186 Å². The SMILES string of the molecule is C.Cc1cc(C)c2c(C)c3cc(C)cc(C)c3c(C)c2c1.Cc1cc(C)c2c(C)c3cc(C)cc(C)c3c(C)c2c1.Cc1cc(C)c2ccc3c(C)cc(C)c4ccc1c2c43.Cc1cc(C)c2cccnc2c1O.Cc1ccc2c(C)c3cc(C)ccc3c(C)c2c1.Cc1cnc2c(O)c(C)cc(C)c2c1.Cc1cnc2c(c1)c(C)c(C)c1cccnc12. The van der Waals surface area contributed by atoms with E-state index in [4.69, 9.17) is 0 Å². The van der Waals surface area contributed by atoms with E-state index < -0.39 is 0 Å². The largest absolute Gasteiger partial charge is 0.505 e. The number of fused-ring (bicyclic) bond motifs is 11. The smallest absolute Gasteiger partial charge is 0.144 e. The van der Waals surface area contributed by atoms with E-state index in [9.17, 15) is 10.2 Å². The van der Waals surface area contributed by atoms with Crippen LogP contribution in [0.5, 0.6) is 11.5 Å². The third kappa shape index (κ3) is 16.6. The van der Waals surface area contributed by atoms with Crippen molar-refractivity contribution < 1.29 is 10.2 Å².